The van der Waals surface area contributed by atoms with Crippen LogP contribution in [0.25, 0.3) is 0 Å². The maximum absolute atomic E-state index is 12.5. The van der Waals surface area contributed by atoms with Crippen LogP contribution in [0.3, 0.4) is 0 Å². The minimum Gasteiger partial charge on any atom is -0.303 e. The molecule has 0 radical (unpaired) electrons. The molecule has 0 heterocycles. The number of hydrogen-bond donors (Lipinski definition) is 0. The number of alkyl halides is 2. The van der Waals surface area contributed by atoms with Gasteiger partial charge in [0.05, 0.1) is 0 Å². The molecule has 1 nitrogen and oxygen atoms in total. The Morgan fingerprint density at radius 1 is 1.43 bits per heavy atom. The minimum absolute atomic E-state index is 0.0500. The van der Waals surface area contributed by atoms with Crippen LogP contribution >= 0.6 is 22.6 Å². The van der Waals surface area contributed by atoms with E-state index in [0.717, 1.165) is 11.8 Å². The number of halogens is 3. The van der Waals surface area contributed by atoms with E-state index in [1.54, 1.807) is 12.1 Å². The summed E-state index contributed by atoms with van der Waals surface area (Å²) in [5, 5.41) is 0. The normalized spacial score (nSPS) is 10.6. The molecule has 0 amide bonds. The van der Waals surface area contributed by atoms with E-state index >= 15 is 0 Å². The topological polar surface area (TPSA) is 17.1 Å². The molecule has 1 aromatic rings. The molecule has 0 saturated carbocycles. The molecule has 0 fully saturated rings. The zero-order valence-corrected chi connectivity index (χ0v) is 9.50. The van der Waals surface area contributed by atoms with Gasteiger partial charge in [0.1, 0.15) is 6.29 Å². The lowest BCUT2D eigenvalue weighted by atomic mass is 10.1. The highest BCUT2D eigenvalue weighted by Gasteiger charge is 2.11. The third kappa shape index (κ3) is 3.01. The van der Waals surface area contributed by atoms with Crippen molar-refractivity contribution in [3.63, 3.8) is 0 Å². The number of hydrogen-bond acceptors (Lipinski definition) is 1. The first-order valence-corrected chi connectivity index (χ1v) is 5.23. The SMILES string of the molecule is O=CCCc1ccc(I)c(C(F)F)c1. The molecule has 1 rings (SSSR count). The fourth-order valence-corrected chi connectivity index (χ4v) is 1.71. The Balaban J connectivity index is 2.88. The first-order chi connectivity index (χ1) is 6.65. The molecule has 0 spiro atoms. The van der Waals surface area contributed by atoms with Gasteiger partial charge in [-0.2, -0.15) is 0 Å². The number of rotatable bonds is 4. The van der Waals surface area contributed by atoms with Gasteiger partial charge >= 0.3 is 0 Å². The lowest BCUT2D eigenvalue weighted by Crippen LogP contribution is -1.93. The molecule has 0 aliphatic heterocycles. The van der Waals surface area contributed by atoms with E-state index in [1.165, 1.54) is 6.07 Å². The van der Waals surface area contributed by atoms with E-state index in [4.69, 9.17) is 0 Å². The molecule has 0 N–H and O–H groups in total. The van der Waals surface area contributed by atoms with Crippen LogP contribution in [-0.2, 0) is 11.2 Å². The van der Waals surface area contributed by atoms with Crippen molar-refractivity contribution >= 4 is 28.9 Å². The predicted molar refractivity (Wildman–Crippen MR) is 58.5 cm³/mol. The quantitative estimate of drug-likeness (QED) is 0.616. The van der Waals surface area contributed by atoms with Gasteiger partial charge in [-0.3, -0.25) is 0 Å². The Labute approximate surface area is 94.6 Å². The standard InChI is InChI=1S/C10H9F2IO/c11-10(12)8-6-7(2-1-5-14)3-4-9(8)13/h3-6,10H,1-2H2. The van der Waals surface area contributed by atoms with Gasteiger partial charge in [0.15, 0.2) is 0 Å². The maximum Gasteiger partial charge on any atom is 0.264 e. The number of aldehydes is 1. The summed E-state index contributed by atoms with van der Waals surface area (Å²) < 4.78 is 25.5. The molecular formula is C10H9F2IO. The van der Waals surface area contributed by atoms with Gasteiger partial charge in [-0.25, -0.2) is 8.78 Å². The van der Waals surface area contributed by atoms with E-state index in [1.807, 2.05) is 22.6 Å². The minimum atomic E-state index is -2.45. The van der Waals surface area contributed by atoms with Crippen molar-refractivity contribution in [3.05, 3.63) is 32.9 Å². The van der Waals surface area contributed by atoms with Crippen molar-refractivity contribution in [1.82, 2.24) is 0 Å². The average Bonchev–Trinajstić information content (AvgIpc) is 2.16. The van der Waals surface area contributed by atoms with Gasteiger partial charge < -0.3 is 4.79 Å². The second-order valence-corrected chi connectivity index (χ2v) is 4.02. The summed E-state index contributed by atoms with van der Waals surface area (Å²) in [7, 11) is 0. The molecule has 76 valence electrons. The summed E-state index contributed by atoms with van der Waals surface area (Å²) in [6.07, 6.45) is -0.748. The van der Waals surface area contributed by atoms with Crippen LogP contribution in [0.4, 0.5) is 8.78 Å². The third-order valence-electron chi connectivity index (χ3n) is 1.85. The molecular weight excluding hydrogens is 301 g/mol. The Hall–Kier alpha value is -0.520. The average molecular weight is 310 g/mol. The molecule has 0 saturated heterocycles. The summed E-state index contributed by atoms with van der Waals surface area (Å²) in [5.74, 6) is 0. The van der Waals surface area contributed by atoms with Crippen molar-refractivity contribution in [3.8, 4) is 0 Å². The van der Waals surface area contributed by atoms with Gasteiger partial charge in [0, 0.05) is 15.6 Å². The molecule has 0 aliphatic rings. The van der Waals surface area contributed by atoms with E-state index in [-0.39, 0.29) is 5.56 Å². The number of aryl methyl sites for hydroxylation is 1. The lowest BCUT2D eigenvalue weighted by molar-refractivity contribution is -0.107. The Morgan fingerprint density at radius 2 is 2.14 bits per heavy atom. The Morgan fingerprint density at radius 3 is 2.71 bits per heavy atom. The lowest BCUT2D eigenvalue weighted by Gasteiger charge is -2.05. The van der Waals surface area contributed by atoms with Gasteiger partial charge in [-0.05, 0) is 46.7 Å². The molecule has 0 bridgehead atoms. The van der Waals surface area contributed by atoms with Crippen LogP contribution in [0.2, 0.25) is 0 Å². The van der Waals surface area contributed by atoms with Crippen LogP contribution in [0.15, 0.2) is 18.2 Å². The van der Waals surface area contributed by atoms with E-state index in [2.05, 4.69) is 0 Å². The van der Waals surface area contributed by atoms with Gasteiger partial charge in [0.25, 0.3) is 6.43 Å². The largest absolute Gasteiger partial charge is 0.303 e. The molecule has 4 heteroatoms. The summed E-state index contributed by atoms with van der Waals surface area (Å²) in [4.78, 5) is 10.1. The second kappa shape index (κ2) is 5.38. The predicted octanol–water partition coefficient (Wildman–Crippen LogP) is 3.36. The molecule has 1 aromatic carbocycles. The maximum atomic E-state index is 12.5. The van der Waals surface area contributed by atoms with Crippen molar-refractivity contribution in [2.45, 2.75) is 19.3 Å². The van der Waals surface area contributed by atoms with Crippen LogP contribution in [0.5, 0.6) is 0 Å². The third-order valence-corrected chi connectivity index (χ3v) is 2.83. The summed E-state index contributed by atoms with van der Waals surface area (Å²) in [6.45, 7) is 0. The van der Waals surface area contributed by atoms with Crippen molar-refractivity contribution in [2.24, 2.45) is 0 Å². The first-order valence-electron chi connectivity index (χ1n) is 4.15. The van der Waals surface area contributed by atoms with Crippen molar-refractivity contribution in [1.29, 1.82) is 0 Å². The molecule has 14 heavy (non-hydrogen) atoms. The fraction of sp³-hybridized carbons (Fsp3) is 0.300. The summed E-state index contributed by atoms with van der Waals surface area (Å²) >= 11 is 1.88. The number of carbonyl (C=O) groups excluding carboxylic acids is 1. The van der Waals surface area contributed by atoms with Crippen LogP contribution in [-0.4, -0.2) is 6.29 Å². The van der Waals surface area contributed by atoms with Gasteiger partial charge in [0.2, 0.25) is 0 Å². The van der Waals surface area contributed by atoms with Crippen LogP contribution < -0.4 is 0 Å². The highest BCUT2D eigenvalue weighted by atomic mass is 127. The Kier molecular flexibility index (Phi) is 4.44. The highest BCUT2D eigenvalue weighted by molar-refractivity contribution is 14.1. The van der Waals surface area contributed by atoms with E-state index in [9.17, 15) is 13.6 Å². The van der Waals surface area contributed by atoms with Crippen LogP contribution in [0.1, 0.15) is 24.0 Å². The van der Waals surface area contributed by atoms with E-state index < -0.39 is 6.43 Å². The molecule has 0 unspecified atom stereocenters. The Bertz CT molecular complexity index is 326. The molecule has 0 atom stereocenters. The molecule has 0 aliphatic carbocycles. The van der Waals surface area contributed by atoms with Crippen molar-refractivity contribution in [2.75, 3.05) is 0 Å². The zero-order valence-electron chi connectivity index (χ0n) is 7.34. The van der Waals surface area contributed by atoms with Gasteiger partial charge in [-0.1, -0.05) is 6.07 Å². The summed E-state index contributed by atoms with van der Waals surface area (Å²) in [6, 6.07) is 4.90. The smallest absolute Gasteiger partial charge is 0.264 e. The van der Waals surface area contributed by atoms with Crippen molar-refractivity contribution < 1.29 is 13.6 Å². The summed E-state index contributed by atoms with van der Waals surface area (Å²) in [5.41, 5.74) is 0.835. The molecule has 0 aromatic heterocycles. The zero-order chi connectivity index (χ0) is 10.6. The second-order valence-electron chi connectivity index (χ2n) is 2.86. The van der Waals surface area contributed by atoms with E-state index in [0.29, 0.717) is 16.4 Å². The fourth-order valence-electron chi connectivity index (χ4n) is 1.14. The highest BCUT2D eigenvalue weighted by Crippen LogP contribution is 2.25. The van der Waals surface area contributed by atoms with Crippen LogP contribution in [0, 0.1) is 3.57 Å². The number of benzene rings is 1. The first kappa shape index (κ1) is 11.6. The van der Waals surface area contributed by atoms with Gasteiger partial charge in [-0.15, -0.1) is 0 Å². The monoisotopic (exact) mass is 310 g/mol. The number of carbonyl (C=O) groups is 1.